The number of likely N-dealkylation sites (tertiary alicyclic amines) is 1. The predicted octanol–water partition coefficient (Wildman–Crippen LogP) is 2.10. The molecule has 3 saturated carbocycles. The highest BCUT2D eigenvalue weighted by Gasteiger charge is 2.53. The van der Waals surface area contributed by atoms with Crippen molar-refractivity contribution in [2.75, 3.05) is 6.54 Å². The van der Waals surface area contributed by atoms with Crippen LogP contribution in [0.5, 0.6) is 0 Å². The Morgan fingerprint density at radius 1 is 1.22 bits per heavy atom. The molecule has 1 atom stereocenters. The average molecular weight is 318 g/mol. The smallest absolute Gasteiger partial charge is 0.243 e. The maximum Gasteiger partial charge on any atom is 0.243 e. The van der Waals surface area contributed by atoms with Crippen molar-refractivity contribution in [2.24, 2.45) is 11.3 Å². The van der Waals surface area contributed by atoms with Crippen LogP contribution in [0.2, 0.25) is 0 Å². The summed E-state index contributed by atoms with van der Waals surface area (Å²) in [6, 6.07) is 0.592. The van der Waals surface area contributed by atoms with Gasteiger partial charge in [0, 0.05) is 18.5 Å². The quantitative estimate of drug-likeness (QED) is 0.729. The molecular formula is C18H26N2O3. The van der Waals surface area contributed by atoms with Crippen LogP contribution in [-0.4, -0.2) is 46.1 Å². The van der Waals surface area contributed by atoms with Gasteiger partial charge in [-0.3, -0.25) is 19.3 Å². The number of amides is 3. The van der Waals surface area contributed by atoms with Crippen LogP contribution in [0.25, 0.3) is 0 Å². The first kappa shape index (κ1) is 15.2. The molecule has 0 aromatic rings. The molecule has 0 radical (unpaired) electrons. The summed E-state index contributed by atoms with van der Waals surface area (Å²) in [6.07, 6.45) is 8.51. The van der Waals surface area contributed by atoms with Crippen LogP contribution in [0, 0.1) is 11.3 Å². The van der Waals surface area contributed by atoms with E-state index < -0.39 is 5.41 Å². The molecule has 4 rings (SSSR count). The highest BCUT2D eigenvalue weighted by Crippen LogP contribution is 2.47. The van der Waals surface area contributed by atoms with Crippen molar-refractivity contribution in [3.63, 3.8) is 0 Å². The van der Waals surface area contributed by atoms with Crippen LogP contribution < -0.4 is 0 Å². The number of nitrogens with zero attached hydrogens (tertiary/aromatic N) is 2. The van der Waals surface area contributed by atoms with E-state index in [1.165, 1.54) is 17.7 Å². The van der Waals surface area contributed by atoms with Crippen molar-refractivity contribution in [3.8, 4) is 0 Å². The minimum absolute atomic E-state index is 0.0244. The van der Waals surface area contributed by atoms with Crippen LogP contribution >= 0.6 is 0 Å². The van der Waals surface area contributed by atoms with Crippen molar-refractivity contribution < 1.29 is 14.4 Å². The molecule has 1 spiro atoms. The molecule has 5 nitrogen and oxygen atoms in total. The normalized spacial score (nSPS) is 27.8. The molecular weight excluding hydrogens is 292 g/mol. The van der Waals surface area contributed by atoms with Crippen LogP contribution in [0.15, 0.2) is 0 Å². The fourth-order valence-corrected chi connectivity index (χ4v) is 4.60. The van der Waals surface area contributed by atoms with Crippen molar-refractivity contribution >= 4 is 17.7 Å². The van der Waals surface area contributed by atoms with Gasteiger partial charge in [0.1, 0.15) is 6.54 Å². The lowest BCUT2D eigenvalue weighted by molar-refractivity contribution is -0.148. The summed E-state index contributed by atoms with van der Waals surface area (Å²) in [5, 5.41) is 0. The van der Waals surface area contributed by atoms with Crippen LogP contribution in [0.4, 0.5) is 0 Å². The number of carbonyl (C=O) groups excluding carboxylic acids is 3. The zero-order chi connectivity index (χ0) is 16.2. The van der Waals surface area contributed by atoms with Gasteiger partial charge in [-0.05, 0) is 51.4 Å². The molecule has 1 heterocycles. The van der Waals surface area contributed by atoms with Crippen LogP contribution in [-0.2, 0) is 14.4 Å². The van der Waals surface area contributed by atoms with E-state index in [0.717, 1.165) is 38.5 Å². The third kappa shape index (κ3) is 2.58. The molecule has 5 heteroatoms. The van der Waals surface area contributed by atoms with Gasteiger partial charge in [-0.2, -0.15) is 0 Å². The second kappa shape index (κ2) is 5.32. The summed E-state index contributed by atoms with van der Waals surface area (Å²) >= 11 is 0. The van der Waals surface area contributed by atoms with E-state index in [9.17, 15) is 14.4 Å². The molecule has 3 aliphatic carbocycles. The summed E-state index contributed by atoms with van der Waals surface area (Å²) in [7, 11) is 0. The Hall–Kier alpha value is -1.39. The van der Waals surface area contributed by atoms with E-state index in [0.29, 0.717) is 18.4 Å². The highest BCUT2D eigenvalue weighted by molar-refractivity contribution is 6.08. The third-order valence-corrected chi connectivity index (χ3v) is 6.31. The lowest BCUT2D eigenvalue weighted by Gasteiger charge is -2.31. The fraction of sp³-hybridized carbons (Fsp3) is 0.833. The summed E-state index contributed by atoms with van der Waals surface area (Å²) in [5.41, 5.74) is -0.468. The third-order valence-electron chi connectivity index (χ3n) is 6.31. The lowest BCUT2D eigenvalue weighted by Crippen LogP contribution is -2.48. The minimum atomic E-state index is -0.468. The van der Waals surface area contributed by atoms with Gasteiger partial charge < -0.3 is 4.90 Å². The first-order chi connectivity index (χ1) is 11.0. The molecule has 0 N–H and O–H groups in total. The van der Waals surface area contributed by atoms with Gasteiger partial charge in [0.15, 0.2) is 0 Å². The summed E-state index contributed by atoms with van der Waals surface area (Å²) < 4.78 is 0. The van der Waals surface area contributed by atoms with E-state index >= 15 is 0 Å². The zero-order valence-corrected chi connectivity index (χ0v) is 13.9. The number of carbonyl (C=O) groups is 3. The van der Waals surface area contributed by atoms with Gasteiger partial charge in [0.2, 0.25) is 17.7 Å². The maximum atomic E-state index is 12.8. The molecule has 1 unspecified atom stereocenters. The Bertz CT molecular complexity index is 544. The Kier molecular flexibility index (Phi) is 3.50. The molecule has 1 saturated heterocycles. The Morgan fingerprint density at radius 3 is 2.43 bits per heavy atom. The fourth-order valence-electron chi connectivity index (χ4n) is 4.60. The topological polar surface area (TPSA) is 57.7 Å². The molecule has 3 amide bonds. The van der Waals surface area contributed by atoms with Crippen molar-refractivity contribution in [1.82, 2.24) is 9.80 Å². The minimum Gasteiger partial charge on any atom is -0.335 e. The molecule has 0 aromatic heterocycles. The maximum absolute atomic E-state index is 12.8. The Balaban J connectivity index is 1.47. The number of rotatable bonds is 5. The average Bonchev–Trinajstić information content (AvgIpc) is 3.43. The van der Waals surface area contributed by atoms with Gasteiger partial charge in [-0.15, -0.1) is 0 Å². The molecule has 4 aliphatic rings. The Labute approximate surface area is 137 Å². The summed E-state index contributed by atoms with van der Waals surface area (Å²) in [4.78, 5) is 41.2. The lowest BCUT2D eigenvalue weighted by atomic mass is 9.84. The first-order valence-corrected chi connectivity index (χ1v) is 9.18. The SMILES string of the molecule is CC(C1CC1)N(C(=O)CN1C(=O)CC2(CCCC2)C1=O)C1CC1. The van der Waals surface area contributed by atoms with Crippen LogP contribution in [0.1, 0.15) is 64.7 Å². The van der Waals surface area contributed by atoms with E-state index in [4.69, 9.17) is 0 Å². The molecule has 0 aromatic carbocycles. The van der Waals surface area contributed by atoms with Gasteiger partial charge in [0.05, 0.1) is 5.41 Å². The molecule has 126 valence electrons. The predicted molar refractivity (Wildman–Crippen MR) is 84.3 cm³/mol. The highest BCUT2D eigenvalue weighted by atomic mass is 16.2. The second-order valence-electron chi connectivity index (χ2n) is 8.06. The second-order valence-corrected chi connectivity index (χ2v) is 8.06. The first-order valence-electron chi connectivity index (χ1n) is 9.18. The van der Waals surface area contributed by atoms with Crippen molar-refractivity contribution in [3.05, 3.63) is 0 Å². The number of hydrogen-bond donors (Lipinski definition) is 0. The van der Waals surface area contributed by atoms with E-state index in [-0.39, 0.29) is 30.3 Å². The van der Waals surface area contributed by atoms with Crippen molar-refractivity contribution in [1.29, 1.82) is 0 Å². The van der Waals surface area contributed by atoms with Gasteiger partial charge in [-0.1, -0.05) is 12.8 Å². The number of imide groups is 1. The standard InChI is InChI=1S/C18H26N2O3/c1-12(13-4-5-13)20(14-6-7-14)16(22)11-19-15(21)10-18(17(19)23)8-2-3-9-18/h12-14H,2-11H2,1H3. The largest absolute Gasteiger partial charge is 0.335 e. The Morgan fingerprint density at radius 2 is 1.87 bits per heavy atom. The summed E-state index contributed by atoms with van der Waals surface area (Å²) in [5.74, 6) is 0.373. The molecule has 4 fully saturated rings. The monoisotopic (exact) mass is 318 g/mol. The van der Waals surface area contributed by atoms with Crippen LogP contribution in [0.3, 0.4) is 0 Å². The molecule has 1 aliphatic heterocycles. The van der Waals surface area contributed by atoms with E-state index in [1.807, 2.05) is 4.90 Å². The van der Waals surface area contributed by atoms with E-state index in [1.54, 1.807) is 0 Å². The van der Waals surface area contributed by atoms with Gasteiger partial charge >= 0.3 is 0 Å². The van der Waals surface area contributed by atoms with Gasteiger partial charge in [-0.25, -0.2) is 0 Å². The van der Waals surface area contributed by atoms with E-state index in [2.05, 4.69) is 6.92 Å². The van der Waals surface area contributed by atoms with Crippen molar-refractivity contribution in [2.45, 2.75) is 76.8 Å². The molecule has 23 heavy (non-hydrogen) atoms. The number of hydrogen-bond acceptors (Lipinski definition) is 3. The zero-order valence-electron chi connectivity index (χ0n) is 13.9. The summed E-state index contributed by atoms with van der Waals surface area (Å²) in [6.45, 7) is 2.09. The molecule has 0 bridgehead atoms. The van der Waals surface area contributed by atoms with Gasteiger partial charge in [0.25, 0.3) is 0 Å².